The first-order valence-corrected chi connectivity index (χ1v) is 14.8. The molecule has 4 aromatic rings. The fourth-order valence-corrected chi connectivity index (χ4v) is 7.02. The lowest BCUT2D eigenvalue weighted by Crippen LogP contribution is -2.49. The van der Waals surface area contributed by atoms with E-state index in [1.807, 2.05) is 6.07 Å². The van der Waals surface area contributed by atoms with Crippen LogP contribution in [0.1, 0.15) is 79.0 Å². The summed E-state index contributed by atoms with van der Waals surface area (Å²) in [6, 6.07) is 8.65. The molecule has 41 heavy (non-hydrogen) atoms. The highest BCUT2D eigenvalue weighted by Crippen LogP contribution is 2.55. The van der Waals surface area contributed by atoms with Crippen molar-refractivity contribution in [2.75, 3.05) is 6.61 Å². The molecule has 0 saturated heterocycles. The zero-order chi connectivity index (χ0) is 28.2. The highest BCUT2D eigenvalue weighted by Gasteiger charge is 2.50. The Morgan fingerprint density at radius 1 is 1.02 bits per heavy atom. The summed E-state index contributed by atoms with van der Waals surface area (Å²) in [5.41, 5.74) is 2.99. The van der Waals surface area contributed by atoms with Gasteiger partial charge in [-0.05, 0) is 69.6 Å². The molecular weight excluding hydrogens is 565 g/mol. The van der Waals surface area contributed by atoms with Gasteiger partial charge in [0, 0.05) is 46.3 Å². The minimum atomic E-state index is -0.964. The van der Waals surface area contributed by atoms with E-state index in [0.29, 0.717) is 57.2 Å². The molecule has 4 aliphatic rings. The third-order valence-electron chi connectivity index (χ3n) is 9.18. The van der Waals surface area contributed by atoms with E-state index < -0.39 is 5.97 Å². The zero-order valence-electron chi connectivity index (χ0n) is 22.4. The van der Waals surface area contributed by atoms with Crippen molar-refractivity contribution in [1.82, 2.24) is 15.1 Å². The van der Waals surface area contributed by atoms with Crippen LogP contribution in [0.4, 0.5) is 0 Å². The standard InChI is InChI=1S/C31H29Cl2N3O5/c32-22-14-34-15-23(33)26(22)27-21(28(41-36-27)18-4-5-18)16-40-31-11-8-30(9-12-31,10-13-31)17-39-25-7-6-19-20(29(37)38)2-1-3-24(19)35-25/h1-3,6-7,14-15,18H,4-5,8-13,16-17H2,(H,37,38). The smallest absolute Gasteiger partial charge is 0.336 e. The van der Waals surface area contributed by atoms with Crippen LogP contribution >= 0.6 is 23.2 Å². The van der Waals surface area contributed by atoms with Gasteiger partial charge in [-0.2, -0.15) is 0 Å². The lowest BCUT2D eigenvalue weighted by Gasteiger charge is -2.52. The molecule has 4 aliphatic carbocycles. The number of carboxylic acids is 1. The molecule has 8 rings (SSSR count). The molecule has 0 unspecified atom stereocenters. The Morgan fingerprint density at radius 2 is 1.76 bits per heavy atom. The van der Waals surface area contributed by atoms with E-state index in [1.54, 1.807) is 36.7 Å². The van der Waals surface area contributed by atoms with E-state index in [-0.39, 0.29) is 16.6 Å². The molecule has 3 aromatic heterocycles. The average Bonchev–Trinajstić information content (AvgIpc) is 3.75. The first kappa shape index (κ1) is 26.7. The molecule has 0 atom stereocenters. The minimum absolute atomic E-state index is 0.0876. The van der Waals surface area contributed by atoms with Crippen LogP contribution in [0.2, 0.25) is 10.0 Å². The maximum Gasteiger partial charge on any atom is 0.336 e. The lowest BCUT2D eigenvalue weighted by atomic mass is 9.59. The summed E-state index contributed by atoms with van der Waals surface area (Å²) in [6.07, 6.45) is 11.2. The first-order chi connectivity index (χ1) is 19.9. The van der Waals surface area contributed by atoms with Crippen molar-refractivity contribution in [3.05, 3.63) is 69.7 Å². The van der Waals surface area contributed by atoms with Crippen molar-refractivity contribution in [3.8, 4) is 17.1 Å². The molecule has 8 nitrogen and oxygen atoms in total. The van der Waals surface area contributed by atoms with E-state index >= 15 is 0 Å². The molecule has 3 heterocycles. The van der Waals surface area contributed by atoms with E-state index in [9.17, 15) is 9.90 Å². The van der Waals surface area contributed by atoms with Crippen molar-refractivity contribution >= 4 is 40.1 Å². The SMILES string of the molecule is O=C(O)c1cccc2nc(OCC34CCC(OCc5c(-c6c(Cl)cncc6Cl)noc5C5CC5)(CC3)CC4)ccc12. The van der Waals surface area contributed by atoms with Gasteiger partial charge in [-0.3, -0.25) is 4.98 Å². The van der Waals surface area contributed by atoms with Gasteiger partial charge in [-0.1, -0.05) is 34.4 Å². The van der Waals surface area contributed by atoms with Crippen LogP contribution in [-0.2, 0) is 11.3 Å². The van der Waals surface area contributed by atoms with Crippen LogP contribution in [0.3, 0.4) is 0 Å². The van der Waals surface area contributed by atoms with Gasteiger partial charge in [0.1, 0.15) is 11.5 Å². The number of pyridine rings is 2. The van der Waals surface area contributed by atoms with Gasteiger partial charge < -0.3 is 19.1 Å². The van der Waals surface area contributed by atoms with Crippen LogP contribution in [-0.4, -0.2) is 38.4 Å². The number of nitrogens with zero attached hydrogens (tertiary/aromatic N) is 3. The molecule has 1 aromatic carbocycles. The fraction of sp³-hybridized carbons (Fsp3) is 0.419. The molecule has 0 aliphatic heterocycles. The number of carbonyl (C=O) groups is 1. The summed E-state index contributed by atoms with van der Waals surface area (Å²) in [7, 11) is 0. The number of fused-ring (bicyclic) bond motifs is 4. The lowest BCUT2D eigenvalue weighted by molar-refractivity contribution is -0.150. The Kier molecular flexibility index (Phi) is 6.68. The van der Waals surface area contributed by atoms with Crippen molar-refractivity contribution in [2.45, 2.75) is 69.5 Å². The molecule has 0 radical (unpaired) electrons. The van der Waals surface area contributed by atoms with Crippen LogP contribution in [0.5, 0.6) is 5.88 Å². The maximum absolute atomic E-state index is 11.5. The monoisotopic (exact) mass is 593 g/mol. The van der Waals surface area contributed by atoms with Crippen molar-refractivity contribution in [1.29, 1.82) is 0 Å². The van der Waals surface area contributed by atoms with Gasteiger partial charge in [-0.25, -0.2) is 9.78 Å². The fourth-order valence-electron chi connectivity index (χ4n) is 6.48. The number of ether oxygens (including phenoxy) is 2. The van der Waals surface area contributed by atoms with Crippen molar-refractivity contribution in [2.24, 2.45) is 5.41 Å². The molecule has 2 bridgehead atoms. The predicted octanol–water partition coefficient (Wildman–Crippen LogP) is 7.86. The van der Waals surface area contributed by atoms with Crippen LogP contribution in [0.15, 0.2) is 47.2 Å². The largest absolute Gasteiger partial charge is 0.478 e. The molecule has 0 spiro atoms. The maximum atomic E-state index is 11.5. The Morgan fingerprint density at radius 3 is 2.44 bits per heavy atom. The van der Waals surface area contributed by atoms with Crippen LogP contribution in [0.25, 0.3) is 22.2 Å². The molecular formula is C31H29Cl2N3O5. The van der Waals surface area contributed by atoms with Gasteiger partial charge in [-0.15, -0.1) is 0 Å². The number of halogens is 2. The molecule has 4 saturated carbocycles. The number of benzene rings is 1. The van der Waals surface area contributed by atoms with Gasteiger partial charge in [0.05, 0.1) is 39.9 Å². The number of aromatic carboxylic acids is 1. The minimum Gasteiger partial charge on any atom is -0.478 e. The van der Waals surface area contributed by atoms with Gasteiger partial charge in [0.25, 0.3) is 0 Å². The van der Waals surface area contributed by atoms with Crippen molar-refractivity contribution in [3.63, 3.8) is 0 Å². The predicted molar refractivity (Wildman–Crippen MR) is 154 cm³/mol. The second kappa shape index (κ2) is 10.3. The Labute approximate surface area is 247 Å². The number of carboxylic acid groups (broad SMARTS) is 1. The normalized spacial score (nSPS) is 23.7. The second-order valence-corrected chi connectivity index (χ2v) is 12.5. The Hall–Kier alpha value is -3.20. The molecule has 212 valence electrons. The van der Waals surface area contributed by atoms with Crippen LogP contribution in [0, 0.1) is 5.41 Å². The summed E-state index contributed by atoms with van der Waals surface area (Å²) in [5.74, 6) is 0.810. The zero-order valence-corrected chi connectivity index (χ0v) is 23.9. The van der Waals surface area contributed by atoms with Gasteiger partial charge in [0.2, 0.25) is 5.88 Å². The Balaban J connectivity index is 1.03. The summed E-state index contributed by atoms with van der Waals surface area (Å²) < 4.78 is 18.8. The second-order valence-electron chi connectivity index (χ2n) is 11.7. The van der Waals surface area contributed by atoms with E-state index in [0.717, 1.165) is 62.7 Å². The van der Waals surface area contributed by atoms with E-state index in [4.69, 9.17) is 37.2 Å². The molecule has 1 N–H and O–H groups in total. The van der Waals surface area contributed by atoms with Gasteiger partial charge in [0.15, 0.2) is 0 Å². The quantitative estimate of drug-likeness (QED) is 0.209. The third-order valence-corrected chi connectivity index (χ3v) is 9.75. The Bertz CT molecular complexity index is 1610. The molecule has 0 amide bonds. The number of hydrogen-bond acceptors (Lipinski definition) is 7. The number of aromatic nitrogens is 3. The van der Waals surface area contributed by atoms with Gasteiger partial charge >= 0.3 is 5.97 Å². The summed E-state index contributed by atoms with van der Waals surface area (Å²) in [5, 5.41) is 15.3. The number of rotatable bonds is 9. The summed E-state index contributed by atoms with van der Waals surface area (Å²) >= 11 is 13.0. The molecule has 4 fully saturated rings. The highest BCUT2D eigenvalue weighted by atomic mass is 35.5. The van der Waals surface area contributed by atoms with Crippen molar-refractivity contribution < 1.29 is 23.9 Å². The van der Waals surface area contributed by atoms with Crippen LogP contribution < -0.4 is 4.74 Å². The van der Waals surface area contributed by atoms with E-state index in [1.165, 1.54) is 0 Å². The summed E-state index contributed by atoms with van der Waals surface area (Å²) in [6.45, 7) is 0.989. The average molecular weight is 594 g/mol. The highest BCUT2D eigenvalue weighted by molar-refractivity contribution is 6.38. The number of hydrogen-bond donors (Lipinski definition) is 1. The van der Waals surface area contributed by atoms with E-state index in [2.05, 4.69) is 15.1 Å². The molecule has 10 heteroatoms. The third kappa shape index (κ3) is 4.96. The topological polar surface area (TPSA) is 108 Å². The first-order valence-electron chi connectivity index (χ1n) is 14.0. The summed E-state index contributed by atoms with van der Waals surface area (Å²) in [4.78, 5) is 20.2.